The quantitative estimate of drug-likeness (QED) is 0.643. The van der Waals surface area contributed by atoms with Crippen molar-refractivity contribution in [1.29, 1.82) is 0 Å². The molecule has 2 nitrogen and oxygen atoms in total. The molecule has 86 valence electrons. The Morgan fingerprint density at radius 3 is 2.93 bits per heavy atom. The Hall–Kier alpha value is -0.520. The molecule has 0 radical (unpaired) electrons. The van der Waals surface area contributed by atoms with E-state index in [1.54, 1.807) is 0 Å². The molecule has 1 aliphatic heterocycles. The van der Waals surface area contributed by atoms with Crippen molar-refractivity contribution in [1.82, 2.24) is 10.2 Å². The molecule has 1 N–H and O–H groups in total. The lowest BCUT2D eigenvalue weighted by Crippen LogP contribution is -2.38. The number of hydrogen-bond donors (Lipinski definition) is 1. The second-order valence-corrected chi connectivity index (χ2v) is 4.40. The summed E-state index contributed by atoms with van der Waals surface area (Å²) in [6.07, 6.45) is 11.4. The fraction of sp³-hybridized carbons (Fsp3) is 0.846. The molecule has 0 aromatic carbocycles. The summed E-state index contributed by atoms with van der Waals surface area (Å²) >= 11 is 0. The molecule has 15 heavy (non-hydrogen) atoms. The second-order valence-electron chi connectivity index (χ2n) is 4.40. The number of nitrogens with zero attached hydrogens (tertiary/aromatic N) is 1. The summed E-state index contributed by atoms with van der Waals surface area (Å²) in [4.78, 5) is 2.52. The standard InChI is InChI=1S/C13H24N2/c1-3-5-10-15(11-6-4-2)12-13-8-7-9-14-13/h1,13-14H,4-12H2,2H3. The van der Waals surface area contributed by atoms with Gasteiger partial charge in [-0.25, -0.2) is 0 Å². The zero-order valence-corrected chi connectivity index (χ0v) is 9.97. The maximum atomic E-state index is 5.32. The van der Waals surface area contributed by atoms with Gasteiger partial charge in [0.25, 0.3) is 0 Å². The lowest BCUT2D eigenvalue weighted by atomic mass is 10.2. The number of unbranched alkanes of at least 4 members (excludes halogenated alkanes) is 1. The van der Waals surface area contributed by atoms with Gasteiger partial charge in [0, 0.05) is 25.6 Å². The average molecular weight is 208 g/mol. The fourth-order valence-electron chi connectivity index (χ4n) is 2.12. The monoisotopic (exact) mass is 208 g/mol. The maximum absolute atomic E-state index is 5.32. The van der Waals surface area contributed by atoms with Crippen molar-refractivity contribution in [3.05, 3.63) is 0 Å². The summed E-state index contributed by atoms with van der Waals surface area (Å²) in [7, 11) is 0. The van der Waals surface area contributed by atoms with Crippen molar-refractivity contribution in [2.45, 2.75) is 45.1 Å². The lowest BCUT2D eigenvalue weighted by molar-refractivity contribution is 0.251. The van der Waals surface area contributed by atoms with E-state index in [0.717, 1.165) is 13.0 Å². The third-order valence-electron chi connectivity index (χ3n) is 3.04. The molecule has 0 saturated carbocycles. The van der Waals surface area contributed by atoms with E-state index in [0.29, 0.717) is 6.04 Å². The number of rotatable bonds is 7. The highest BCUT2D eigenvalue weighted by molar-refractivity contribution is 4.86. The molecule has 1 fully saturated rings. The summed E-state index contributed by atoms with van der Waals surface area (Å²) in [6, 6.07) is 0.708. The number of nitrogens with one attached hydrogen (secondary N) is 1. The number of hydrogen-bond acceptors (Lipinski definition) is 2. The molecule has 1 atom stereocenters. The van der Waals surface area contributed by atoms with E-state index in [4.69, 9.17) is 6.42 Å². The minimum absolute atomic E-state index is 0.708. The van der Waals surface area contributed by atoms with Crippen molar-refractivity contribution in [2.24, 2.45) is 0 Å². The van der Waals surface area contributed by atoms with Gasteiger partial charge in [-0.3, -0.25) is 0 Å². The Bertz CT molecular complexity index is 189. The topological polar surface area (TPSA) is 15.3 Å². The molecule has 1 heterocycles. The fourth-order valence-corrected chi connectivity index (χ4v) is 2.12. The van der Waals surface area contributed by atoms with Crippen LogP contribution in [0.25, 0.3) is 0 Å². The Balaban J connectivity index is 2.23. The molecule has 2 heteroatoms. The third kappa shape index (κ3) is 5.20. The van der Waals surface area contributed by atoms with Crippen LogP contribution in [0.3, 0.4) is 0 Å². The van der Waals surface area contributed by atoms with Gasteiger partial charge in [-0.1, -0.05) is 13.3 Å². The summed E-state index contributed by atoms with van der Waals surface area (Å²) in [5.41, 5.74) is 0. The molecule has 0 spiro atoms. The van der Waals surface area contributed by atoms with Gasteiger partial charge in [-0.15, -0.1) is 12.3 Å². The molecule has 0 amide bonds. The molecule has 1 saturated heterocycles. The van der Waals surface area contributed by atoms with Crippen molar-refractivity contribution < 1.29 is 0 Å². The van der Waals surface area contributed by atoms with Gasteiger partial charge in [-0.05, 0) is 32.4 Å². The van der Waals surface area contributed by atoms with Crippen LogP contribution in [-0.2, 0) is 0 Å². The van der Waals surface area contributed by atoms with Crippen LogP contribution in [-0.4, -0.2) is 37.1 Å². The van der Waals surface area contributed by atoms with Crippen molar-refractivity contribution in [3.8, 4) is 12.3 Å². The molecular weight excluding hydrogens is 184 g/mol. The van der Waals surface area contributed by atoms with Crippen molar-refractivity contribution >= 4 is 0 Å². The minimum atomic E-state index is 0.708. The first kappa shape index (κ1) is 12.5. The highest BCUT2D eigenvalue weighted by atomic mass is 15.1. The highest BCUT2D eigenvalue weighted by Crippen LogP contribution is 2.08. The predicted octanol–water partition coefficient (Wildman–Crippen LogP) is 1.86. The molecule has 1 unspecified atom stereocenters. The summed E-state index contributed by atoms with van der Waals surface area (Å²) in [5, 5.41) is 3.55. The van der Waals surface area contributed by atoms with Crippen LogP contribution < -0.4 is 5.32 Å². The summed E-state index contributed by atoms with van der Waals surface area (Å²) < 4.78 is 0. The minimum Gasteiger partial charge on any atom is -0.313 e. The summed E-state index contributed by atoms with van der Waals surface area (Å²) in [6.45, 7) is 6.89. The Morgan fingerprint density at radius 2 is 2.33 bits per heavy atom. The van der Waals surface area contributed by atoms with Gasteiger partial charge in [0.2, 0.25) is 0 Å². The van der Waals surface area contributed by atoms with E-state index < -0.39 is 0 Å². The highest BCUT2D eigenvalue weighted by Gasteiger charge is 2.16. The van der Waals surface area contributed by atoms with Crippen molar-refractivity contribution in [3.63, 3.8) is 0 Å². The van der Waals surface area contributed by atoms with Gasteiger partial charge in [0.15, 0.2) is 0 Å². The molecule has 0 aromatic heterocycles. The average Bonchev–Trinajstić information content (AvgIpc) is 2.74. The van der Waals surface area contributed by atoms with Gasteiger partial charge < -0.3 is 10.2 Å². The van der Waals surface area contributed by atoms with Crippen molar-refractivity contribution in [2.75, 3.05) is 26.2 Å². The van der Waals surface area contributed by atoms with E-state index in [9.17, 15) is 0 Å². The first-order valence-corrected chi connectivity index (χ1v) is 6.26. The van der Waals surface area contributed by atoms with Gasteiger partial charge >= 0.3 is 0 Å². The number of terminal acetylenes is 1. The second kappa shape index (κ2) is 7.73. The smallest absolute Gasteiger partial charge is 0.0214 e. The molecule has 1 rings (SSSR count). The van der Waals surface area contributed by atoms with Crippen LogP contribution in [0.2, 0.25) is 0 Å². The zero-order chi connectivity index (χ0) is 10.9. The first-order valence-electron chi connectivity index (χ1n) is 6.26. The normalized spacial score (nSPS) is 20.7. The SMILES string of the molecule is C#CCCN(CCCC)CC1CCCN1. The lowest BCUT2D eigenvalue weighted by Gasteiger charge is -2.24. The molecular formula is C13H24N2. The van der Waals surface area contributed by atoms with Gasteiger partial charge in [0.1, 0.15) is 0 Å². The van der Waals surface area contributed by atoms with Crippen LogP contribution in [0.1, 0.15) is 39.0 Å². The first-order chi connectivity index (χ1) is 7.36. The largest absolute Gasteiger partial charge is 0.313 e. The zero-order valence-electron chi connectivity index (χ0n) is 9.97. The van der Waals surface area contributed by atoms with Crippen LogP contribution in [0, 0.1) is 12.3 Å². The van der Waals surface area contributed by atoms with Crippen LogP contribution in [0.15, 0.2) is 0 Å². The Labute approximate surface area is 94.4 Å². The van der Waals surface area contributed by atoms with E-state index in [-0.39, 0.29) is 0 Å². The van der Waals surface area contributed by atoms with Crippen LogP contribution in [0.4, 0.5) is 0 Å². The Kier molecular flexibility index (Phi) is 6.47. The maximum Gasteiger partial charge on any atom is 0.0214 e. The Morgan fingerprint density at radius 1 is 1.47 bits per heavy atom. The molecule has 0 aliphatic carbocycles. The van der Waals surface area contributed by atoms with Crippen LogP contribution in [0.5, 0.6) is 0 Å². The van der Waals surface area contributed by atoms with E-state index >= 15 is 0 Å². The third-order valence-corrected chi connectivity index (χ3v) is 3.04. The van der Waals surface area contributed by atoms with Gasteiger partial charge in [-0.2, -0.15) is 0 Å². The molecule has 0 aromatic rings. The van der Waals surface area contributed by atoms with E-state index in [1.807, 2.05) is 0 Å². The predicted molar refractivity (Wildman–Crippen MR) is 65.8 cm³/mol. The van der Waals surface area contributed by atoms with Gasteiger partial charge in [0.05, 0.1) is 0 Å². The van der Waals surface area contributed by atoms with E-state index in [2.05, 4.69) is 23.1 Å². The van der Waals surface area contributed by atoms with Crippen LogP contribution >= 0.6 is 0 Å². The molecule has 1 aliphatic rings. The summed E-state index contributed by atoms with van der Waals surface area (Å²) in [5.74, 6) is 2.74. The van der Waals surface area contributed by atoms with E-state index in [1.165, 1.54) is 45.3 Å². The molecule has 0 bridgehead atoms.